The third-order valence-electron chi connectivity index (χ3n) is 9.84. The highest BCUT2D eigenvalue weighted by Gasteiger charge is 2.15. The summed E-state index contributed by atoms with van der Waals surface area (Å²) in [5.74, 6) is 0. The minimum absolute atomic E-state index is 0.956. The molecule has 1 heterocycles. The van der Waals surface area contributed by atoms with Gasteiger partial charge in [0.2, 0.25) is 0 Å². The van der Waals surface area contributed by atoms with Crippen molar-refractivity contribution in [3.63, 3.8) is 0 Å². The topological polar surface area (TPSA) is 12.9 Å². The van der Waals surface area contributed by atoms with E-state index in [1.165, 1.54) is 55.5 Å². The predicted molar refractivity (Wildman–Crippen MR) is 220 cm³/mol. The number of benzene rings is 8. The van der Waals surface area contributed by atoms with E-state index in [1.807, 2.05) is 0 Å². The zero-order valence-corrected chi connectivity index (χ0v) is 28.7. The summed E-state index contributed by atoms with van der Waals surface area (Å²) < 4.78 is 0. The Balaban J connectivity index is 1.13. The maximum atomic E-state index is 5.40. The SMILES string of the molecule is c1ccc(-c2cc(-c3ccccc3)cc(-c3cccc(-c4cccc(-c5cc6ccccc6c(-c6ccccc6-c6ccccc6)n5)c4)c3)c2)cc1. The van der Waals surface area contributed by atoms with Crippen LogP contribution in [0.25, 0.3) is 88.9 Å². The maximum absolute atomic E-state index is 5.40. The molecule has 0 aliphatic rings. The quantitative estimate of drug-likeness (QED) is 0.166. The Bertz CT molecular complexity index is 2600. The van der Waals surface area contributed by atoms with Gasteiger partial charge >= 0.3 is 0 Å². The molecule has 0 radical (unpaired) electrons. The number of pyridine rings is 1. The molecular weight excluding hydrogens is 627 g/mol. The Morgan fingerprint density at radius 1 is 0.250 bits per heavy atom. The van der Waals surface area contributed by atoms with Gasteiger partial charge in [0.1, 0.15) is 0 Å². The number of fused-ring (bicyclic) bond motifs is 1. The van der Waals surface area contributed by atoms with E-state index in [9.17, 15) is 0 Å². The Labute approximate surface area is 305 Å². The highest BCUT2D eigenvalue weighted by Crippen LogP contribution is 2.38. The third kappa shape index (κ3) is 6.21. The first kappa shape index (κ1) is 31.2. The van der Waals surface area contributed by atoms with E-state index in [-0.39, 0.29) is 0 Å². The molecule has 0 aliphatic heterocycles. The molecule has 0 aliphatic carbocycles. The van der Waals surface area contributed by atoms with E-state index in [0.29, 0.717) is 0 Å². The predicted octanol–water partition coefficient (Wildman–Crippen LogP) is 13.9. The molecule has 9 rings (SSSR count). The van der Waals surface area contributed by atoms with Gasteiger partial charge in [-0.3, -0.25) is 0 Å². The van der Waals surface area contributed by atoms with Gasteiger partial charge in [-0.15, -0.1) is 0 Å². The molecule has 0 bridgehead atoms. The first-order chi connectivity index (χ1) is 25.8. The van der Waals surface area contributed by atoms with Crippen molar-refractivity contribution in [2.45, 2.75) is 0 Å². The van der Waals surface area contributed by atoms with Crippen LogP contribution >= 0.6 is 0 Å². The van der Waals surface area contributed by atoms with E-state index in [0.717, 1.165) is 33.5 Å². The van der Waals surface area contributed by atoms with Crippen LogP contribution in [0.15, 0.2) is 212 Å². The summed E-state index contributed by atoms with van der Waals surface area (Å²) in [5, 5.41) is 2.32. The van der Waals surface area contributed by atoms with Gasteiger partial charge in [0.25, 0.3) is 0 Å². The standard InChI is InChI=1S/C51H35N/c1-4-16-36(17-5-1)44-32-45(37-18-6-2-7-19-37)34-46(33-44)41-25-14-23-39(30-41)40-24-15-26-43(31-40)50-35-42-22-10-11-28-48(42)51(52-50)49-29-13-12-27-47(49)38-20-8-3-9-21-38/h1-35H. The molecule has 0 fully saturated rings. The van der Waals surface area contributed by atoms with Crippen LogP contribution in [0.5, 0.6) is 0 Å². The maximum Gasteiger partial charge on any atom is 0.0794 e. The van der Waals surface area contributed by atoms with Crippen molar-refractivity contribution >= 4 is 10.8 Å². The van der Waals surface area contributed by atoms with Crippen LogP contribution in [0.2, 0.25) is 0 Å². The Morgan fingerprint density at radius 3 is 1.27 bits per heavy atom. The minimum Gasteiger partial charge on any atom is -0.247 e. The number of hydrogen-bond donors (Lipinski definition) is 0. The molecule has 244 valence electrons. The first-order valence-electron chi connectivity index (χ1n) is 17.8. The van der Waals surface area contributed by atoms with Gasteiger partial charge in [-0.25, -0.2) is 4.98 Å². The van der Waals surface area contributed by atoms with Gasteiger partial charge in [0.05, 0.1) is 11.4 Å². The molecule has 0 atom stereocenters. The second-order valence-corrected chi connectivity index (χ2v) is 13.2. The smallest absolute Gasteiger partial charge is 0.0794 e. The number of aromatic nitrogens is 1. The van der Waals surface area contributed by atoms with Crippen LogP contribution in [0.3, 0.4) is 0 Å². The molecule has 0 amide bonds. The van der Waals surface area contributed by atoms with E-state index in [2.05, 4.69) is 212 Å². The zero-order chi connectivity index (χ0) is 34.7. The van der Waals surface area contributed by atoms with Crippen LogP contribution < -0.4 is 0 Å². The summed E-state index contributed by atoms with van der Waals surface area (Å²) in [5.41, 5.74) is 16.0. The fourth-order valence-corrected chi connectivity index (χ4v) is 7.24. The zero-order valence-electron chi connectivity index (χ0n) is 28.7. The summed E-state index contributed by atoms with van der Waals surface area (Å²) in [6.45, 7) is 0. The molecule has 0 N–H and O–H groups in total. The fraction of sp³-hybridized carbons (Fsp3) is 0. The number of nitrogens with zero attached hydrogens (tertiary/aromatic N) is 1. The number of hydrogen-bond acceptors (Lipinski definition) is 1. The fourth-order valence-electron chi connectivity index (χ4n) is 7.24. The van der Waals surface area contributed by atoms with Crippen LogP contribution in [-0.2, 0) is 0 Å². The van der Waals surface area contributed by atoms with Crippen molar-refractivity contribution in [3.05, 3.63) is 212 Å². The molecule has 9 aromatic rings. The van der Waals surface area contributed by atoms with Gasteiger partial charge in [0, 0.05) is 16.5 Å². The largest absolute Gasteiger partial charge is 0.247 e. The third-order valence-corrected chi connectivity index (χ3v) is 9.84. The van der Waals surface area contributed by atoms with Gasteiger partial charge in [-0.1, -0.05) is 176 Å². The lowest BCUT2D eigenvalue weighted by molar-refractivity contribution is 1.35. The monoisotopic (exact) mass is 661 g/mol. The lowest BCUT2D eigenvalue weighted by Gasteiger charge is -2.15. The summed E-state index contributed by atoms with van der Waals surface area (Å²) >= 11 is 0. The summed E-state index contributed by atoms with van der Waals surface area (Å²) in [6, 6.07) is 75.9. The second-order valence-electron chi connectivity index (χ2n) is 13.2. The van der Waals surface area contributed by atoms with Crippen LogP contribution in [0, 0.1) is 0 Å². The number of rotatable bonds is 7. The molecule has 0 unspecified atom stereocenters. The van der Waals surface area contributed by atoms with Crippen molar-refractivity contribution < 1.29 is 0 Å². The molecule has 0 saturated heterocycles. The van der Waals surface area contributed by atoms with Crippen LogP contribution in [0.1, 0.15) is 0 Å². The Hall–Kier alpha value is -6.83. The van der Waals surface area contributed by atoms with E-state index in [1.54, 1.807) is 0 Å². The van der Waals surface area contributed by atoms with Gasteiger partial charge < -0.3 is 0 Å². The molecule has 8 aromatic carbocycles. The molecule has 0 saturated carbocycles. The molecule has 1 heteroatoms. The summed E-state index contributed by atoms with van der Waals surface area (Å²) in [6.07, 6.45) is 0. The van der Waals surface area contributed by atoms with E-state index >= 15 is 0 Å². The van der Waals surface area contributed by atoms with Gasteiger partial charge in [0.15, 0.2) is 0 Å². The van der Waals surface area contributed by atoms with Crippen molar-refractivity contribution in [2.75, 3.05) is 0 Å². The van der Waals surface area contributed by atoms with Crippen molar-refractivity contribution in [3.8, 4) is 78.1 Å². The van der Waals surface area contributed by atoms with Crippen LogP contribution in [0.4, 0.5) is 0 Å². The molecule has 0 spiro atoms. The summed E-state index contributed by atoms with van der Waals surface area (Å²) in [4.78, 5) is 5.40. The Morgan fingerprint density at radius 2 is 0.654 bits per heavy atom. The highest BCUT2D eigenvalue weighted by atomic mass is 14.7. The van der Waals surface area contributed by atoms with Crippen LogP contribution in [-0.4, -0.2) is 4.98 Å². The lowest BCUT2D eigenvalue weighted by Crippen LogP contribution is -1.93. The van der Waals surface area contributed by atoms with Crippen molar-refractivity contribution in [2.24, 2.45) is 0 Å². The molecular formula is C51H35N. The molecule has 1 aromatic heterocycles. The van der Waals surface area contributed by atoms with Crippen molar-refractivity contribution in [1.82, 2.24) is 4.98 Å². The van der Waals surface area contributed by atoms with Gasteiger partial charge in [-0.05, 0) is 97.4 Å². The average Bonchev–Trinajstić information content (AvgIpc) is 3.24. The van der Waals surface area contributed by atoms with E-state index in [4.69, 9.17) is 4.98 Å². The minimum atomic E-state index is 0.956. The summed E-state index contributed by atoms with van der Waals surface area (Å²) in [7, 11) is 0. The second kappa shape index (κ2) is 13.8. The van der Waals surface area contributed by atoms with E-state index < -0.39 is 0 Å². The Kier molecular flexibility index (Phi) is 8.29. The normalized spacial score (nSPS) is 11.1. The molecule has 1 nitrogen and oxygen atoms in total. The van der Waals surface area contributed by atoms with Crippen molar-refractivity contribution in [1.29, 1.82) is 0 Å². The lowest BCUT2D eigenvalue weighted by atomic mass is 9.91. The van der Waals surface area contributed by atoms with Gasteiger partial charge in [-0.2, -0.15) is 0 Å². The molecule has 52 heavy (non-hydrogen) atoms. The highest BCUT2D eigenvalue weighted by molar-refractivity contribution is 6.00. The average molecular weight is 662 g/mol. The first-order valence-corrected chi connectivity index (χ1v) is 17.8.